The summed E-state index contributed by atoms with van der Waals surface area (Å²) >= 11 is 0. The predicted octanol–water partition coefficient (Wildman–Crippen LogP) is 2.74. The maximum atomic E-state index is 11.6. The molecule has 2 rings (SSSR count). The first-order valence-corrected chi connectivity index (χ1v) is 7.00. The molecule has 1 aliphatic rings. The number of aromatic hydroxyl groups is 1. The van der Waals surface area contributed by atoms with Crippen molar-refractivity contribution in [1.29, 1.82) is 0 Å². The maximum absolute atomic E-state index is 11.6. The Morgan fingerprint density at radius 1 is 1.32 bits per heavy atom. The first-order chi connectivity index (χ1) is 9.22. The highest BCUT2D eigenvalue weighted by Crippen LogP contribution is 2.29. The van der Waals surface area contributed by atoms with Crippen molar-refractivity contribution >= 4 is 11.6 Å². The van der Waals surface area contributed by atoms with Gasteiger partial charge in [-0.1, -0.05) is 25.3 Å². The lowest BCUT2D eigenvalue weighted by Crippen LogP contribution is -2.19. The zero-order chi connectivity index (χ0) is 13.7. The van der Waals surface area contributed by atoms with Crippen molar-refractivity contribution in [2.24, 2.45) is 5.92 Å². The van der Waals surface area contributed by atoms with Crippen molar-refractivity contribution in [2.45, 2.75) is 32.1 Å². The number of carbonyl (C=O) groups excluding carboxylic acids is 1. The number of benzene rings is 1. The van der Waals surface area contributed by atoms with Crippen molar-refractivity contribution in [3.8, 4) is 5.75 Å². The fourth-order valence-corrected chi connectivity index (χ4v) is 2.65. The number of phenolic OH excluding ortho intramolecular Hbond substituents is 1. The van der Waals surface area contributed by atoms with Crippen LogP contribution in [0.2, 0.25) is 0 Å². The number of hydrogen-bond acceptors (Lipinski definition) is 3. The second-order valence-electron chi connectivity index (χ2n) is 5.17. The van der Waals surface area contributed by atoms with Gasteiger partial charge in [-0.15, -0.1) is 0 Å². The van der Waals surface area contributed by atoms with Gasteiger partial charge in [-0.05, 0) is 30.9 Å². The maximum Gasteiger partial charge on any atom is 0.254 e. The van der Waals surface area contributed by atoms with E-state index in [0.717, 1.165) is 6.54 Å². The molecule has 0 unspecified atom stereocenters. The quantitative estimate of drug-likeness (QED) is 0.731. The molecule has 0 heterocycles. The summed E-state index contributed by atoms with van der Waals surface area (Å²) in [7, 11) is 1.56. The normalized spacial score (nSPS) is 16.1. The van der Waals surface area contributed by atoms with E-state index in [1.54, 1.807) is 19.2 Å². The Morgan fingerprint density at radius 3 is 2.74 bits per heavy atom. The van der Waals surface area contributed by atoms with Crippen molar-refractivity contribution in [1.82, 2.24) is 5.32 Å². The number of hydrogen-bond donors (Lipinski definition) is 3. The summed E-state index contributed by atoms with van der Waals surface area (Å²) in [6, 6.07) is 5.22. The molecule has 1 aliphatic carbocycles. The third kappa shape index (κ3) is 3.40. The van der Waals surface area contributed by atoms with Gasteiger partial charge in [-0.3, -0.25) is 4.79 Å². The van der Waals surface area contributed by atoms with Crippen LogP contribution >= 0.6 is 0 Å². The van der Waals surface area contributed by atoms with Gasteiger partial charge in [0.15, 0.2) is 5.75 Å². The highest BCUT2D eigenvalue weighted by molar-refractivity contribution is 5.98. The van der Waals surface area contributed by atoms with Crippen LogP contribution in [-0.4, -0.2) is 24.6 Å². The minimum Gasteiger partial charge on any atom is -0.505 e. The average Bonchev–Trinajstić information content (AvgIpc) is 2.46. The van der Waals surface area contributed by atoms with Gasteiger partial charge in [0.2, 0.25) is 0 Å². The lowest BCUT2D eigenvalue weighted by molar-refractivity contribution is 0.0960. The van der Waals surface area contributed by atoms with Gasteiger partial charge in [-0.25, -0.2) is 0 Å². The van der Waals surface area contributed by atoms with E-state index >= 15 is 0 Å². The van der Waals surface area contributed by atoms with Gasteiger partial charge in [0.1, 0.15) is 0 Å². The van der Waals surface area contributed by atoms with E-state index in [-0.39, 0.29) is 11.7 Å². The van der Waals surface area contributed by atoms with Gasteiger partial charge < -0.3 is 15.7 Å². The van der Waals surface area contributed by atoms with Crippen LogP contribution in [0.1, 0.15) is 42.5 Å². The van der Waals surface area contributed by atoms with Crippen molar-refractivity contribution in [2.75, 3.05) is 18.9 Å². The Hall–Kier alpha value is -1.71. The standard InChI is InChI=1S/C15H22N2O2/c1-16-15(19)12-8-5-9-13(14(12)18)17-10-11-6-3-2-4-7-11/h5,8-9,11,17-18H,2-4,6-7,10H2,1H3,(H,16,19). The number of anilines is 1. The molecule has 19 heavy (non-hydrogen) atoms. The summed E-state index contributed by atoms with van der Waals surface area (Å²) in [5.41, 5.74) is 0.961. The average molecular weight is 262 g/mol. The van der Waals surface area contributed by atoms with E-state index in [0.29, 0.717) is 17.2 Å². The Bertz CT molecular complexity index is 440. The molecule has 0 saturated heterocycles. The second-order valence-corrected chi connectivity index (χ2v) is 5.17. The van der Waals surface area contributed by atoms with Crippen LogP contribution in [-0.2, 0) is 0 Å². The molecule has 0 aromatic heterocycles. The van der Waals surface area contributed by atoms with E-state index < -0.39 is 0 Å². The minimum atomic E-state index is -0.265. The molecule has 0 radical (unpaired) electrons. The van der Waals surface area contributed by atoms with Gasteiger partial charge in [-0.2, -0.15) is 0 Å². The fourth-order valence-electron chi connectivity index (χ4n) is 2.65. The Kier molecular flexibility index (Phi) is 4.66. The molecule has 0 aliphatic heterocycles. The number of phenols is 1. The van der Waals surface area contributed by atoms with Crippen molar-refractivity contribution < 1.29 is 9.90 Å². The second kappa shape index (κ2) is 6.45. The third-order valence-electron chi connectivity index (χ3n) is 3.81. The van der Waals surface area contributed by atoms with Crippen LogP contribution in [0, 0.1) is 5.92 Å². The highest BCUT2D eigenvalue weighted by atomic mass is 16.3. The predicted molar refractivity (Wildman–Crippen MR) is 76.6 cm³/mol. The molecule has 0 spiro atoms. The van der Waals surface area contributed by atoms with Gasteiger partial charge in [0, 0.05) is 13.6 Å². The number of para-hydroxylation sites is 1. The summed E-state index contributed by atoms with van der Waals surface area (Å²) in [5.74, 6) is 0.452. The number of nitrogens with one attached hydrogen (secondary N) is 2. The van der Waals surface area contributed by atoms with Crippen molar-refractivity contribution in [3.05, 3.63) is 23.8 Å². The smallest absolute Gasteiger partial charge is 0.254 e. The van der Waals surface area contributed by atoms with Gasteiger partial charge in [0.25, 0.3) is 5.91 Å². The molecule has 0 atom stereocenters. The molecule has 4 nitrogen and oxygen atoms in total. The van der Waals surface area contributed by atoms with E-state index in [4.69, 9.17) is 0 Å². The number of rotatable bonds is 4. The SMILES string of the molecule is CNC(=O)c1cccc(NCC2CCCCC2)c1O. The monoisotopic (exact) mass is 262 g/mol. The third-order valence-corrected chi connectivity index (χ3v) is 3.81. The van der Waals surface area contributed by atoms with E-state index in [1.165, 1.54) is 32.1 Å². The molecule has 4 heteroatoms. The molecule has 1 fully saturated rings. The molecular formula is C15H22N2O2. The summed E-state index contributed by atoms with van der Waals surface area (Å²) in [6.07, 6.45) is 6.45. The fraction of sp³-hybridized carbons (Fsp3) is 0.533. The Morgan fingerprint density at radius 2 is 2.05 bits per heavy atom. The lowest BCUT2D eigenvalue weighted by atomic mass is 9.89. The molecule has 104 valence electrons. The van der Waals surface area contributed by atoms with Gasteiger partial charge in [0.05, 0.1) is 11.3 Å². The minimum absolute atomic E-state index is 0.0395. The van der Waals surface area contributed by atoms with Crippen LogP contribution in [0.3, 0.4) is 0 Å². The highest BCUT2D eigenvalue weighted by Gasteiger charge is 2.16. The van der Waals surface area contributed by atoms with E-state index in [2.05, 4.69) is 10.6 Å². The largest absolute Gasteiger partial charge is 0.505 e. The molecule has 1 saturated carbocycles. The zero-order valence-electron chi connectivity index (χ0n) is 11.4. The number of carbonyl (C=O) groups is 1. The molecule has 1 amide bonds. The molecule has 0 bridgehead atoms. The topological polar surface area (TPSA) is 61.4 Å². The first kappa shape index (κ1) is 13.7. The summed E-state index contributed by atoms with van der Waals surface area (Å²) in [6.45, 7) is 0.866. The van der Waals surface area contributed by atoms with Crippen LogP contribution in [0.4, 0.5) is 5.69 Å². The first-order valence-electron chi connectivity index (χ1n) is 7.00. The van der Waals surface area contributed by atoms with Crippen LogP contribution in [0.15, 0.2) is 18.2 Å². The zero-order valence-corrected chi connectivity index (χ0v) is 11.4. The summed E-state index contributed by atoms with van der Waals surface area (Å²) in [4.78, 5) is 11.6. The number of amides is 1. The summed E-state index contributed by atoms with van der Waals surface area (Å²) in [5, 5.41) is 15.9. The molecule has 3 N–H and O–H groups in total. The lowest BCUT2D eigenvalue weighted by Gasteiger charge is -2.22. The van der Waals surface area contributed by atoms with Gasteiger partial charge >= 0.3 is 0 Å². The van der Waals surface area contributed by atoms with Crippen LogP contribution < -0.4 is 10.6 Å². The Labute approximate surface area is 114 Å². The molecular weight excluding hydrogens is 240 g/mol. The van der Waals surface area contributed by atoms with Crippen LogP contribution in [0.5, 0.6) is 5.75 Å². The van der Waals surface area contributed by atoms with Crippen molar-refractivity contribution in [3.63, 3.8) is 0 Å². The van der Waals surface area contributed by atoms with E-state index in [9.17, 15) is 9.90 Å². The van der Waals surface area contributed by atoms with E-state index in [1.807, 2.05) is 6.07 Å². The Balaban J connectivity index is 2.01. The summed E-state index contributed by atoms with van der Waals surface area (Å²) < 4.78 is 0. The molecule has 1 aromatic carbocycles. The van der Waals surface area contributed by atoms with Crippen LogP contribution in [0.25, 0.3) is 0 Å². The molecule has 1 aromatic rings.